The van der Waals surface area contributed by atoms with Crippen LogP contribution in [0.1, 0.15) is 25.7 Å². The SMILES string of the molecule is CN(CC1CCCO1)C(=O)C1(CN)CCOCC1.Cl. The highest BCUT2D eigenvalue weighted by Gasteiger charge is 2.41. The minimum Gasteiger partial charge on any atom is -0.381 e. The lowest BCUT2D eigenvalue weighted by atomic mass is 9.79. The number of hydrogen-bond acceptors (Lipinski definition) is 4. The fourth-order valence-corrected chi connectivity index (χ4v) is 2.85. The summed E-state index contributed by atoms with van der Waals surface area (Å²) < 4.78 is 10.9. The Hall–Kier alpha value is -0.360. The highest BCUT2D eigenvalue weighted by atomic mass is 35.5. The Kier molecular flexibility index (Phi) is 6.53. The second-order valence-corrected chi connectivity index (χ2v) is 5.42. The van der Waals surface area contributed by atoms with Gasteiger partial charge >= 0.3 is 0 Å². The van der Waals surface area contributed by atoms with Crippen LogP contribution in [0.5, 0.6) is 0 Å². The second-order valence-electron chi connectivity index (χ2n) is 5.42. The minimum absolute atomic E-state index is 0. The zero-order valence-electron chi connectivity index (χ0n) is 11.6. The van der Waals surface area contributed by atoms with Gasteiger partial charge in [-0.3, -0.25) is 4.79 Å². The summed E-state index contributed by atoms with van der Waals surface area (Å²) in [5.74, 6) is 0.156. The first kappa shape index (κ1) is 16.7. The monoisotopic (exact) mass is 292 g/mol. The number of amides is 1. The van der Waals surface area contributed by atoms with Crippen molar-refractivity contribution in [3.8, 4) is 0 Å². The van der Waals surface area contributed by atoms with E-state index in [0.29, 0.717) is 26.3 Å². The molecule has 1 unspecified atom stereocenters. The molecule has 2 rings (SSSR count). The van der Waals surface area contributed by atoms with Crippen LogP contribution in [0, 0.1) is 5.41 Å². The van der Waals surface area contributed by atoms with Crippen molar-refractivity contribution in [3.05, 3.63) is 0 Å². The second kappa shape index (κ2) is 7.43. The number of likely N-dealkylation sites (N-methyl/N-ethyl adjacent to an activating group) is 1. The van der Waals surface area contributed by atoms with Gasteiger partial charge in [0.2, 0.25) is 5.91 Å². The third kappa shape index (κ3) is 3.81. The number of nitrogens with zero attached hydrogens (tertiary/aromatic N) is 1. The van der Waals surface area contributed by atoms with Gasteiger partial charge in [0.1, 0.15) is 0 Å². The van der Waals surface area contributed by atoms with Crippen LogP contribution in [0.25, 0.3) is 0 Å². The maximum atomic E-state index is 12.6. The summed E-state index contributed by atoms with van der Waals surface area (Å²) in [6.07, 6.45) is 3.82. The molecule has 5 nitrogen and oxygen atoms in total. The van der Waals surface area contributed by atoms with Crippen molar-refractivity contribution in [2.45, 2.75) is 31.8 Å². The van der Waals surface area contributed by atoms with E-state index in [2.05, 4.69) is 0 Å². The average Bonchev–Trinajstić information content (AvgIpc) is 2.91. The van der Waals surface area contributed by atoms with Gasteiger partial charge in [-0.2, -0.15) is 0 Å². The van der Waals surface area contributed by atoms with Gasteiger partial charge in [-0.05, 0) is 25.7 Å². The van der Waals surface area contributed by atoms with Crippen molar-refractivity contribution in [1.29, 1.82) is 0 Å². The number of hydrogen-bond donors (Lipinski definition) is 1. The molecule has 2 saturated heterocycles. The van der Waals surface area contributed by atoms with E-state index >= 15 is 0 Å². The highest BCUT2D eigenvalue weighted by Crippen LogP contribution is 2.31. The van der Waals surface area contributed by atoms with Gasteiger partial charge in [0, 0.05) is 40.0 Å². The molecular formula is C13H25ClN2O3. The number of carbonyl (C=O) groups is 1. The average molecular weight is 293 g/mol. The first-order valence-corrected chi connectivity index (χ1v) is 6.83. The van der Waals surface area contributed by atoms with Crippen LogP contribution in [0.15, 0.2) is 0 Å². The molecule has 0 aliphatic carbocycles. The van der Waals surface area contributed by atoms with Gasteiger partial charge in [0.05, 0.1) is 11.5 Å². The van der Waals surface area contributed by atoms with E-state index in [4.69, 9.17) is 15.2 Å². The van der Waals surface area contributed by atoms with Gasteiger partial charge in [0.15, 0.2) is 0 Å². The van der Waals surface area contributed by atoms with Gasteiger partial charge in [-0.1, -0.05) is 0 Å². The summed E-state index contributed by atoms with van der Waals surface area (Å²) in [5.41, 5.74) is 5.44. The van der Waals surface area contributed by atoms with Crippen molar-refractivity contribution in [1.82, 2.24) is 4.90 Å². The Morgan fingerprint density at radius 3 is 2.58 bits per heavy atom. The fourth-order valence-electron chi connectivity index (χ4n) is 2.85. The lowest BCUT2D eigenvalue weighted by Gasteiger charge is -2.38. The van der Waals surface area contributed by atoms with E-state index in [1.807, 2.05) is 7.05 Å². The molecule has 0 aromatic heterocycles. The maximum Gasteiger partial charge on any atom is 0.230 e. The molecule has 0 bridgehead atoms. The molecule has 2 aliphatic rings. The van der Waals surface area contributed by atoms with Crippen LogP contribution >= 0.6 is 12.4 Å². The van der Waals surface area contributed by atoms with Crippen LogP contribution in [-0.4, -0.2) is 56.9 Å². The summed E-state index contributed by atoms with van der Waals surface area (Å²) in [7, 11) is 1.86. The molecule has 2 aliphatic heterocycles. The summed E-state index contributed by atoms with van der Waals surface area (Å²) in [6, 6.07) is 0. The van der Waals surface area contributed by atoms with Gasteiger partial charge in [-0.25, -0.2) is 0 Å². The van der Waals surface area contributed by atoms with Gasteiger partial charge in [-0.15, -0.1) is 12.4 Å². The smallest absolute Gasteiger partial charge is 0.230 e. The third-order valence-electron chi connectivity index (χ3n) is 4.14. The molecule has 0 radical (unpaired) electrons. The van der Waals surface area contributed by atoms with E-state index < -0.39 is 5.41 Å². The standard InChI is InChI=1S/C13H24N2O3.ClH/c1-15(9-11-3-2-6-18-11)12(16)13(10-14)4-7-17-8-5-13;/h11H,2-10,14H2,1H3;1H. The van der Waals surface area contributed by atoms with Crippen molar-refractivity contribution >= 4 is 18.3 Å². The van der Waals surface area contributed by atoms with Crippen LogP contribution in [0.3, 0.4) is 0 Å². The minimum atomic E-state index is -0.411. The quantitative estimate of drug-likeness (QED) is 0.832. The largest absolute Gasteiger partial charge is 0.381 e. The van der Waals surface area contributed by atoms with Crippen molar-refractivity contribution in [2.24, 2.45) is 11.1 Å². The zero-order valence-corrected chi connectivity index (χ0v) is 12.4. The number of carbonyl (C=O) groups excluding carboxylic acids is 1. The van der Waals surface area contributed by atoms with Crippen molar-refractivity contribution in [2.75, 3.05) is 40.0 Å². The van der Waals surface area contributed by atoms with Gasteiger partial charge < -0.3 is 20.1 Å². The molecule has 2 N–H and O–H groups in total. The fraction of sp³-hybridized carbons (Fsp3) is 0.923. The molecule has 0 saturated carbocycles. The normalized spacial score (nSPS) is 25.7. The lowest BCUT2D eigenvalue weighted by Crippen LogP contribution is -2.51. The third-order valence-corrected chi connectivity index (χ3v) is 4.14. The van der Waals surface area contributed by atoms with Crippen LogP contribution in [-0.2, 0) is 14.3 Å². The Morgan fingerprint density at radius 2 is 2.05 bits per heavy atom. The van der Waals surface area contributed by atoms with Crippen LogP contribution < -0.4 is 5.73 Å². The van der Waals surface area contributed by atoms with E-state index in [1.54, 1.807) is 4.90 Å². The summed E-state index contributed by atoms with van der Waals surface area (Å²) in [4.78, 5) is 14.4. The Morgan fingerprint density at radius 1 is 1.37 bits per heavy atom. The molecule has 1 atom stereocenters. The maximum absolute atomic E-state index is 12.6. The van der Waals surface area contributed by atoms with Crippen molar-refractivity contribution < 1.29 is 14.3 Å². The molecule has 19 heavy (non-hydrogen) atoms. The molecule has 2 fully saturated rings. The summed E-state index contributed by atoms with van der Waals surface area (Å²) >= 11 is 0. The topological polar surface area (TPSA) is 64.8 Å². The molecule has 112 valence electrons. The molecule has 6 heteroatoms. The number of halogens is 1. The summed E-state index contributed by atoms with van der Waals surface area (Å²) in [6.45, 7) is 3.18. The van der Waals surface area contributed by atoms with Gasteiger partial charge in [0.25, 0.3) is 0 Å². The Bertz CT molecular complexity index is 290. The van der Waals surface area contributed by atoms with E-state index in [0.717, 1.165) is 32.3 Å². The first-order valence-electron chi connectivity index (χ1n) is 6.83. The molecule has 0 aromatic carbocycles. The highest BCUT2D eigenvalue weighted by molar-refractivity contribution is 5.85. The molecule has 2 heterocycles. The predicted octanol–water partition coefficient (Wildman–Crippen LogP) is 0.801. The van der Waals surface area contributed by atoms with Crippen LogP contribution in [0.2, 0.25) is 0 Å². The van der Waals surface area contributed by atoms with E-state index in [1.165, 1.54) is 0 Å². The Balaban J connectivity index is 0.00000180. The summed E-state index contributed by atoms with van der Waals surface area (Å²) in [5, 5.41) is 0. The molecule has 0 aromatic rings. The lowest BCUT2D eigenvalue weighted by molar-refractivity contribution is -0.147. The van der Waals surface area contributed by atoms with E-state index in [-0.39, 0.29) is 24.4 Å². The number of rotatable bonds is 4. The number of ether oxygens (including phenoxy) is 2. The predicted molar refractivity (Wildman–Crippen MR) is 75.4 cm³/mol. The molecular weight excluding hydrogens is 268 g/mol. The first-order chi connectivity index (χ1) is 8.68. The van der Waals surface area contributed by atoms with Crippen LogP contribution in [0.4, 0.5) is 0 Å². The van der Waals surface area contributed by atoms with Crippen molar-refractivity contribution in [3.63, 3.8) is 0 Å². The molecule has 1 amide bonds. The number of nitrogens with two attached hydrogens (primary N) is 1. The Labute approximate surface area is 121 Å². The zero-order chi connectivity index (χ0) is 13.0. The van der Waals surface area contributed by atoms with E-state index in [9.17, 15) is 4.79 Å². The molecule has 0 spiro atoms.